The van der Waals surface area contributed by atoms with Crippen LogP contribution in [0.4, 0.5) is 8.78 Å². The Morgan fingerprint density at radius 1 is 1.24 bits per heavy atom. The average molecular weight is 358 g/mol. The molecule has 0 aliphatic rings. The first-order valence-electron chi connectivity index (χ1n) is 6.43. The summed E-state index contributed by atoms with van der Waals surface area (Å²) in [5.41, 5.74) is -0.142. The van der Waals surface area contributed by atoms with Crippen molar-refractivity contribution in [3.8, 4) is 5.75 Å². The van der Waals surface area contributed by atoms with Gasteiger partial charge >= 0.3 is 0 Å². The molecule has 0 amide bonds. The van der Waals surface area contributed by atoms with Crippen molar-refractivity contribution in [1.29, 1.82) is 0 Å². The maximum Gasteiger partial charge on any atom is 0.137 e. The van der Waals surface area contributed by atoms with E-state index in [0.29, 0.717) is 12.4 Å². The summed E-state index contributed by atoms with van der Waals surface area (Å²) in [6.45, 7) is 2.46. The number of halogens is 3. The predicted molar refractivity (Wildman–Crippen MR) is 78.1 cm³/mol. The van der Waals surface area contributed by atoms with E-state index in [0.717, 1.165) is 18.6 Å². The van der Waals surface area contributed by atoms with Gasteiger partial charge in [0.15, 0.2) is 0 Å². The monoisotopic (exact) mass is 357 g/mol. The molecule has 0 saturated carbocycles. The maximum absolute atomic E-state index is 13.9. The highest BCUT2D eigenvalue weighted by Crippen LogP contribution is 2.30. The van der Waals surface area contributed by atoms with Gasteiger partial charge in [0.2, 0.25) is 0 Å². The SMILES string of the molecule is CCCOc1cncc(C(O)c2c(F)cc(Br)cc2F)c1. The average Bonchev–Trinajstić information content (AvgIpc) is 2.44. The third-order valence-electron chi connectivity index (χ3n) is 2.84. The minimum absolute atomic E-state index is 0.267. The van der Waals surface area contributed by atoms with Gasteiger partial charge in [-0.2, -0.15) is 0 Å². The zero-order valence-corrected chi connectivity index (χ0v) is 12.9. The molecule has 0 fully saturated rings. The molecule has 3 nitrogen and oxygen atoms in total. The minimum Gasteiger partial charge on any atom is -0.492 e. The summed E-state index contributed by atoms with van der Waals surface area (Å²) < 4.78 is 33.4. The molecule has 6 heteroatoms. The van der Waals surface area contributed by atoms with Crippen LogP contribution in [0.1, 0.15) is 30.6 Å². The number of hydrogen-bond acceptors (Lipinski definition) is 3. The largest absolute Gasteiger partial charge is 0.492 e. The van der Waals surface area contributed by atoms with Crippen molar-refractivity contribution in [2.45, 2.75) is 19.4 Å². The maximum atomic E-state index is 13.9. The first-order chi connectivity index (χ1) is 10.0. The van der Waals surface area contributed by atoms with Crippen molar-refractivity contribution in [2.24, 2.45) is 0 Å². The molecule has 2 aromatic rings. The van der Waals surface area contributed by atoms with E-state index in [9.17, 15) is 13.9 Å². The zero-order valence-electron chi connectivity index (χ0n) is 11.3. The van der Waals surface area contributed by atoms with Gasteiger partial charge in [0, 0.05) is 16.2 Å². The second kappa shape index (κ2) is 6.95. The van der Waals surface area contributed by atoms with Crippen molar-refractivity contribution in [3.05, 3.63) is 57.8 Å². The van der Waals surface area contributed by atoms with Crippen LogP contribution in [0.25, 0.3) is 0 Å². The van der Waals surface area contributed by atoms with Gasteiger partial charge in [-0.1, -0.05) is 22.9 Å². The minimum atomic E-state index is -1.45. The van der Waals surface area contributed by atoms with E-state index in [2.05, 4.69) is 20.9 Å². The normalized spacial score (nSPS) is 12.2. The number of pyridine rings is 1. The van der Waals surface area contributed by atoms with Crippen LogP contribution in [-0.4, -0.2) is 16.7 Å². The first kappa shape index (κ1) is 15.9. The highest BCUT2D eigenvalue weighted by atomic mass is 79.9. The van der Waals surface area contributed by atoms with Gasteiger partial charge in [0.1, 0.15) is 23.5 Å². The Hall–Kier alpha value is -1.53. The molecule has 0 radical (unpaired) electrons. The molecule has 21 heavy (non-hydrogen) atoms. The second-order valence-electron chi connectivity index (χ2n) is 4.49. The number of aliphatic hydroxyl groups is 1. The van der Waals surface area contributed by atoms with E-state index in [1.807, 2.05) is 6.92 Å². The van der Waals surface area contributed by atoms with E-state index in [1.54, 1.807) is 0 Å². The molecule has 0 aliphatic heterocycles. The third kappa shape index (κ3) is 3.77. The van der Waals surface area contributed by atoms with Crippen molar-refractivity contribution in [3.63, 3.8) is 0 Å². The predicted octanol–water partition coefficient (Wildman–Crippen LogP) is 3.99. The summed E-state index contributed by atoms with van der Waals surface area (Å²) in [4.78, 5) is 3.92. The fourth-order valence-corrected chi connectivity index (χ4v) is 2.27. The number of hydrogen-bond donors (Lipinski definition) is 1. The Labute approximate surface area is 129 Å². The number of nitrogens with zero attached hydrogens (tertiary/aromatic N) is 1. The Balaban J connectivity index is 2.34. The highest BCUT2D eigenvalue weighted by Gasteiger charge is 2.21. The fraction of sp³-hybridized carbons (Fsp3) is 0.267. The van der Waals surface area contributed by atoms with E-state index < -0.39 is 23.3 Å². The van der Waals surface area contributed by atoms with Crippen molar-refractivity contribution in [2.75, 3.05) is 6.61 Å². The lowest BCUT2D eigenvalue weighted by Crippen LogP contribution is -2.07. The zero-order chi connectivity index (χ0) is 15.4. The van der Waals surface area contributed by atoms with Gasteiger partial charge in [-0.3, -0.25) is 4.98 Å². The lowest BCUT2D eigenvalue weighted by Gasteiger charge is -2.14. The van der Waals surface area contributed by atoms with Crippen LogP contribution in [0.15, 0.2) is 35.1 Å². The summed E-state index contributed by atoms with van der Waals surface area (Å²) in [6.07, 6.45) is 2.21. The van der Waals surface area contributed by atoms with E-state index >= 15 is 0 Å². The summed E-state index contributed by atoms with van der Waals surface area (Å²) in [6, 6.07) is 3.73. The lowest BCUT2D eigenvalue weighted by atomic mass is 10.0. The quantitative estimate of drug-likeness (QED) is 0.879. The van der Waals surface area contributed by atoms with Crippen LogP contribution >= 0.6 is 15.9 Å². The van der Waals surface area contributed by atoms with Gasteiger partial charge < -0.3 is 9.84 Å². The molecule has 1 heterocycles. The molecule has 2 rings (SSSR count). The molecule has 1 aromatic heterocycles. The molecule has 0 bridgehead atoms. The Kier molecular flexibility index (Phi) is 5.25. The Bertz CT molecular complexity index is 614. The molecule has 112 valence electrons. The van der Waals surface area contributed by atoms with Crippen LogP contribution in [-0.2, 0) is 0 Å². The number of rotatable bonds is 5. The van der Waals surface area contributed by atoms with Crippen molar-refractivity contribution >= 4 is 15.9 Å². The number of aliphatic hydroxyl groups excluding tert-OH is 1. The molecule has 1 aromatic carbocycles. The molecular formula is C15H14BrF2NO2. The smallest absolute Gasteiger partial charge is 0.137 e. The fourth-order valence-electron chi connectivity index (χ4n) is 1.87. The molecule has 0 spiro atoms. The number of aromatic nitrogens is 1. The first-order valence-corrected chi connectivity index (χ1v) is 7.22. The second-order valence-corrected chi connectivity index (χ2v) is 5.40. The summed E-state index contributed by atoms with van der Waals surface area (Å²) >= 11 is 3.00. The van der Waals surface area contributed by atoms with Crippen LogP contribution in [0, 0.1) is 11.6 Å². The van der Waals surface area contributed by atoms with Crippen molar-refractivity contribution in [1.82, 2.24) is 4.98 Å². The lowest BCUT2D eigenvalue weighted by molar-refractivity contribution is 0.207. The van der Waals surface area contributed by atoms with Crippen molar-refractivity contribution < 1.29 is 18.6 Å². The summed E-state index contributed by atoms with van der Waals surface area (Å²) in [5, 5.41) is 10.2. The Morgan fingerprint density at radius 2 is 1.90 bits per heavy atom. The molecule has 1 N–H and O–H groups in total. The van der Waals surface area contributed by atoms with Crippen LogP contribution < -0.4 is 4.74 Å². The van der Waals surface area contributed by atoms with Gasteiger partial charge in [-0.05, 0) is 24.6 Å². The highest BCUT2D eigenvalue weighted by molar-refractivity contribution is 9.10. The van der Waals surface area contributed by atoms with E-state index in [4.69, 9.17) is 4.74 Å². The van der Waals surface area contributed by atoms with Crippen LogP contribution in [0.3, 0.4) is 0 Å². The molecule has 1 atom stereocenters. The summed E-state index contributed by atoms with van der Waals surface area (Å²) in [7, 11) is 0. The number of benzene rings is 1. The molecule has 0 saturated heterocycles. The van der Waals surface area contributed by atoms with Crippen LogP contribution in [0.5, 0.6) is 5.75 Å². The van der Waals surface area contributed by atoms with E-state index in [1.165, 1.54) is 18.5 Å². The van der Waals surface area contributed by atoms with Gasteiger partial charge in [0.05, 0.1) is 18.4 Å². The molecule has 1 unspecified atom stereocenters. The van der Waals surface area contributed by atoms with Crippen LogP contribution in [0.2, 0.25) is 0 Å². The Morgan fingerprint density at radius 3 is 2.52 bits per heavy atom. The summed E-state index contributed by atoms with van der Waals surface area (Å²) in [5.74, 6) is -1.20. The molecule has 0 aliphatic carbocycles. The van der Waals surface area contributed by atoms with Gasteiger partial charge in [-0.15, -0.1) is 0 Å². The van der Waals surface area contributed by atoms with E-state index in [-0.39, 0.29) is 10.0 Å². The van der Waals surface area contributed by atoms with Gasteiger partial charge in [-0.25, -0.2) is 8.78 Å². The standard InChI is InChI=1S/C15H14BrF2NO2/c1-2-3-21-11-4-9(7-19-8-11)15(20)14-12(17)5-10(16)6-13(14)18/h4-8,15,20H,2-3H2,1H3. The number of ether oxygens (including phenoxy) is 1. The third-order valence-corrected chi connectivity index (χ3v) is 3.30. The molecular weight excluding hydrogens is 344 g/mol. The topological polar surface area (TPSA) is 42.4 Å². The van der Waals surface area contributed by atoms with Gasteiger partial charge in [0.25, 0.3) is 0 Å².